The van der Waals surface area contributed by atoms with Gasteiger partial charge in [0.2, 0.25) is 5.91 Å². The number of hydrogen-bond donors (Lipinski definition) is 2. The van der Waals surface area contributed by atoms with Gasteiger partial charge in [0.15, 0.2) is 5.13 Å². The van der Waals surface area contributed by atoms with Gasteiger partial charge < -0.3 is 5.73 Å². The molecule has 0 unspecified atom stereocenters. The monoisotopic (exact) mass is 279 g/mol. The maximum Gasteiger partial charge on any atom is 0.257 e. The van der Waals surface area contributed by atoms with Crippen LogP contribution in [-0.2, 0) is 11.2 Å². The fraction of sp³-hybridized carbons (Fsp3) is 0.0833. The highest BCUT2D eigenvalue weighted by atomic mass is 32.1. The summed E-state index contributed by atoms with van der Waals surface area (Å²) in [5, 5.41) is 4.58. The van der Waals surface area contributed by atoms with Crippen molar-refractivity contribution >= 4 is 28.3 Å². The number of anilines is 1. The molecule has 2 rings (SSSR count). The Kier molecular flexibility index (Phi) is 3.86. The first-order chi connectivity index (χ1) is 9.04. The van der Waals surface area contributed by atoms with Crippen LogP contribution in [0.3, 0.4) is 0 Å². The molecule has 0 aliphatic carbocycles. The third-order valence-electron chi connectivity index (χ3n) is 2.23. The van der Waals surface area contributed by atoms with Crippen LogP contribution < -0.4 is 11.1 Å². The van der Waals surface area contributed by atoms with Crippen molar-refractivity contribution in [3.05, 3.63) is 46.7 Å². The van der Waals surface area contributed by atoms with Gasteiger partial charge in [0.25, 0.3) is 5.91 Å². The summed E-state index contributed by atoms with van der Waals surface area (Å²) in [4.78, 5) is 26.6. The Morgan fingerprint density at radius 2 is 2.00 bits per heavy atom. The second-order valence-electron chi connectivity index (χ2n) is 3.75. The van der Waals surface area contributed by atoms with E-state index in [2.05, 4.69) is 10.3 Å². The maximum atomic E-state index is 12.7. The zero-order chi connectivity index (χ0) is 13.8. The van der Waals surface area contributed by atoms with Crippen LogP contribution in [0.5, 0.6) is 0 Å². The van der Waals surface area contributed by atoms with Crippen molar-refractivity contribution in [2.24, 2.45) is 5.73 Å². The van der Waals surface area contributed by atoms with Crippen molar-refractivity contribution in [2.45, 2.75) is 6.42 Å². The Labute approximate surface area is 112 Å². The number of thiazole rings is 1. The van der Waals surface area contributed by atoms with E-state index >= 15 is 0 Å². The molecule has 2 aromatic rings. The molecule has 0 spiro atoms. The van der Waals surface area contributed by atoms with Crippen LogP contribution in [0.2, 0.25) is 0 Å². The molecule has 0 aliphatic rings. The smallest absolute Gasteiger partial charge is 0.257 e. The number of nitrogens with two attached hydrogens (primary N) is 1. The highest BCUT2D eigenvalue weighted by Gasteiger charge is 2.10. The number of hydrogen-bond acceptors (Lipinski definition) is 4. The van der Waals surface area contributed by atoms with Crippen LogP contribution >= 0.6 is 11.3 Å². The lowest BCUT2D eigenvalue weighted by Gasteiger charge is -2.01. The molecule has 0 saturated heterocycles. The summed E-state index contributed by atoms with van der Waals surface area (Å²) in [6.45, 7) is 0. The SMILES string of the molecule is NC(=O)Cc1csc(NC(=O)c2ccc(F)cc2)n1. The normalized spacial score (nSPS) is 10.2. The van der Waals surface area contributed by atoms with Gasteiger partial charge in [-0.25, -0.2) is 9.37 Å². The standard InChI is InChI=1S/C12H10FN3O2S/c13-8-3-1-7(2-4-8)11(18)16-12-15-9(6-19-12)5-10(14)17/h1-4,6H,5H2,(H2,14,17)(H,15,16,18). The number of benzene rings is 1. The van der Waals surface area contributed by atoms with Crippen molar-refractivity contribution in [3.63, 3.8) is 0 Å². The third-order valence-corrected chi connectivity index (χ3v) is 3.04. The summed E-state index contributed by atoms with van der Waals surface area (Å²) >= 11 is 1.19. The minimum atomic E-state index is -0.485. The zero-order valence-corrected chi connectivity index (χ0v) is 10.5. The summed E-state index contributed by atoms with van der Waals surface area (Å²) in [5.41, 5.74) is 5.88. The fourth-order valence-electron chi connectivity index (χ4n) is 1.39. The Morgan fingerprint density at radius 3 is 2.63 bits per heavy atom. The minimum Gasteiger partial charge on any atom is -0.369 e. The molecule has 1 heterocycles. The average molecular weight is 279 g/mol. The number of carbonyl (C=O) groups excluding carboxylic acids is 2. The molecule has 1 aromatic carbocycles. The minimum absolute atomic E-state index is 0.0307. The first kappa shape index (κ1) is 13.2. The quantitative estimate of drug-likeness (QED) is 0.890. The van der Waals surface area contributed by atoms with Gasteiger partial charge in [-0.2, -0.15) is 0 Å². The number of nitrogens with zero attached hydrogens (tertiary/aromatic N) is 1. The van der Waals surface area contributed by atoms with Gasteiger partial charge in [-0.3, -0.25) is 14.9 Å². The second-order valence-corrected chi connectivity index (χ2v) is 4.61. The van der Waals surface area contributed by atoms with Gasteiger partial charge >= 0.3 is 0 Å². The third kappa shape index (κ3) is 3.59. The fourth-order valence-corrected chi connectivity index (χ4v) is 2.10. The second kappa shape index (κ2) is 5.57. The van der Waals surface area contributed by atoms with Crippen molar-refractivity contribution in [3.8, 4) is 0 Å². The summed E-state index contributed by atoms with van der Waals surface area (Å²) in [7, 11) is 0. The highest BCUT2D eigenvalue weighted by Crippen LogP contribution is 2.17. The van der Waals surface area contributed by atoms with Gasteiger partial charge in [-0.15, -0.1) is 11.3 Å². The molecule has 0 saturated carbocycles. The van der Waals surface area contributed by atoms with Gasteiger partial charge in [0.05, 0.1) is 12.1 Å². The average Bonchev–Trinajstić information content (AvgIpc) is 2.76. The van der Waals surface area contributed by atoms with Crippen LogP contribution in [0.1, 0.15) is 16.1 Å². The van der Waals surface area contributed by atoms with Crippen molar-refractivity contribution in [2.75, 3.05) is 5.32 Å². The largest absolute Gasteiger partial charge is 0.369 e. The molecular weight excluding hydrogens is 269 g/mol. The number of amides is 2. The van der Waals surface area contributed by atoms with E-state index in [1.165, 1.54) is 35.6 Å². The number of rotatable bonds is 4. The van der Waals surface area contributed by atoms with E-state index in [1.54, 1.807) is 5.38 Å². The van der Waals surface area contributed by atoms with Crippen LogP contribution in [0, 0.1) is 5.82 Å². The molecule has 5 nitrogen and oxygen atoms in total. The lowest BCUT2D eigenvalue weighted by Crippen LogP contribution is -2.14. The number of nitrogens with one attached hydrogen (secondary N) is 1. The maximum absolute atomic E-state index is 12.7. The van der Waals surface area contributed by atoms with Crippen molar-refractivity contribution in [1.29, 1.82) is 0 Å². The van der Waals surface area contributed by atoms with E-state index in [1.807, 2.05) is 0 Å². The first-order valence-electron chi connectivity index (χ1n) is 5.34. The van der Waals surface area contributed by atoms with Crippen LogP contribution in [0.15, 0.2) is 29.6 Å². The lowest BCUT2D eigenvalue weighted by molar-refractivity contribution is -0.117. The van der Waals surface area contributed by atoms with Crippen molar-refractivity contribution < 1.29 is 14.0 Å². The number of halogens is 1. The summed E-state index contributed by atoms with van der Waals surface area (Å²) in [5.74, 6) is -1.28. The summed E-state index contributed by atoms with van der Waals surface area (Å²) in [6.07, 6.45) is 0.0307. The van der Waals surface area contributed by atoms with E-state index in [-0.39, 0.29) is 12.3 Å². The van der Waals surface area contributed by atoms with E-state index < -0.39 is 11.7 Å². The van der Waals surface area contributed by atoms with Gasteiger partial charge in [0, 0.05) is 10.9 Å². The highest BCUT2D eigenvalue weighted by molar-refractivity contribution is 7.14. The first-order valence-corrected chi connectivity index (χ1v) is 6.22. The van der Waals surface area contributed by atoms with E-state index in [0.717, 1.165) is 0 Å². The number of primary amides is 1. The molecule has 0 aliphatic heterocycles. The molecule has 0 bridgehead atoms. The Bertz CT molecular complexity index is 610. The molecule has 19 heavy (non-hydrogen) atoms. The van der Waals surface area contributed by atoms with Crippen LogP contribution in [0.4, 0.5) is 9.52 Å². The summed E-state index contributed by atoms with van der Waals surface area (Å²) in [6, 6.07) is 5.16. The van der Waals surface area contributed by atoms with Gasteiger partial charge in [-0.1, -0.05) is 0 Å². The lowest BCUT2D eigenvalue weighted by atomic mass is 10.2. The molecular formula is C12H10FN3O2S. The van der Waals surface area contributed by atoms with E-state index in [9.17, 15) is 14.0 Å². The molecule has 98 valence electrons. The molecule has 7 heteroatoms. The number of aromatic nitrogens is 1. The molecule has 0 fully saturated rings. The van der Waals surface area contributed by atoms with Gasteiger partial charge in [-0.05, 0) is 24.3 Å². The van der Waals surface area contributed by atoms with Crippen LogP contribution in [-0.4, -0.2) is 16.8 Å². The Morgan fingerprint density at radius 1 is 1.32 bits per heavy atom. The molecule has 0 radical (unpaired) electrons. The predicted molar refractivity (Wildman–Crippen MR) is 69.4 cm³/mol. The van der Waals surface area contributed by atoms with Gasteiger partial charge in [0.1, 0.15) is 5.82 Å². The Balaban J connectivity index is 2.04. The van der Waals surface area contributed by atoms with Crippen LogP contribution in [0.25, 0.3) is 0 Å². The predicted octanol–water partition coefficient (Wildman–Crippen LogP) is 1.56. The number of carbonyl (C=O) groups is 2. The molecule has 3 N–H and O–H groups in total. The molecule has 0 atom stereocenters. The Hall–Kier alpha value is -2.28. The molecule has 2 amide bonds. The molecule has 1 aromatic heterocycles. The van der Waals surface area contributed by atoms with E-state index in [0.29, 0.717) is 16.4 Å². The topological polar surface area (TPSA) is 85.1 Å². The van der Waals surface area contributed by atoms with E-state index in [4.69, 9.17) is 5.73 Å². The van der Waals surface area contributed by atoms with Crippen molar-refractivity contribution in [1.82, 2.24) is 4.98 Å². The summed E-state index contributed by atoms with van der Waals surface area (Å²) < 4.78 is 12.7. The zero-order valence-electron chi connectivity index (χ0n) is 9.72.